The van der Waals surface area contributed by atoms with Gasteiger partial charge in [-0.2, -0.15) is 5.10 Å². The maximum atomic E-state index is 9.55. The van der Waals surface area contributed by atoms with Crippen molar-refractivity contribution >= 4 is 22.8 Å². The van der Waals surface area contributed by atoms with Crippen LogP contribution in [-0.4, -0.2) is 79.9 Å². The Bertz CT molecular complexity index is 1240. The van der Waals surface area contributed by atoms with Crippen molar-refractivity contribution < 1.29 is 29.0 Å². The normalized spacial score (nSPS) is 17.7. The minimum Gasteiger partial charge on any atom is -0.478 e. The Morgan fingerprint density at radius 2 is 1.74 bits per heavy atom. The summed E-state index contributed by atoms with van der Waals surface area (Å²) in [7, 11) is 0. The molecule has 5 rings (SSSR count). The predicted molar refractivity (Wildman–Crippen MR) is 140 cm³/mol. The second-order valence-electron chi connectivity index (χ2n) is 10.0. The monoisotopic (exact) mass is 525 g/mol. The number of hydrogen-bond acceptors (Lipinski definition) is 8. The van der Waals surface area contributed by atoms with E-state index in [4.69, 9.17) is 24.5 Å². The van der Waals surface area contributed by atoms with Crippen molar-refractivity contribution in [3.05, 3.63) is 42.4 Å². The van der Waals surface area contributed by atoms with E-state index in [0.29, 0.717) is 30.0 Å². The summed E-state index contributed by atoms with van der Waals surface area (Å²) in [5.74, 6) is -0.0221. The third-order valence-electron chi connectivity index (χ3n) is 6.92. The average Bonchev–Trinajstić information content (AvgIpc) is 3.57. The number of likely N-dealkylation sites (tertiary alicyclic amines) is 1. The topological polar surface area (TPSA) is 144 Å². The van der Waals surface area contributed by atoms with Crippen molar-refractivity contribution in [2.75, 3.05) is 32.8 Å². The molecular weight excluding hydrogens is 490 g/mol. The quantitative estimate of drug-likeness (QED) is 0.435. The molecule has 1 aromatic carbocycles. The molecule has 38 heavy (non-hydrogen) atoms. The summed E-state index contributed by atoms with van der Waals surface area (Å²) in [5.41, 5.74) is 1.84. The first-order chi connectivity index (χ1) is 18.3. The number of ether oxygens (including phenoxy) is 1. The minimum atomic E-state index is -1.26. The highest BCUT2D eigenvalue weighted by Crippen LogP contribution is 2.32. The van der Waals surface area contributed by atoms with E-state index in [2.05, 4.69) is 41.2 Å². The number of carbonyl (C=O) groups is 2. The third kappa shape index (κ3) is 7.26. The number of piperidine rings is 1. The Kier molecular flexibility index (Phi) is 9.24. The highest BCUT2D eigenvalue weighted by atomic mass is 16.5. The largest absolute Gasteiger partial charge is 0.478 e. The van der Waals surface area contributed by atoms with Gasteiger partial charge in [0, 0.05) is 55.5 Å². The van der Waals surface area contributed by atoms with Gasteiger partial charge in [-0.15, -0.1) is 10.2 Å². The lowest BCUT2D eigenvalue weighted by atomic mass is 9.94. The number of aromatic nitrogens is 4. The SMILES string of the molecule is CC(C)n1cc2cccc(-c3nnc(C4CCN(CC5CCOCC5)CC4)o3)c2n1.O=C(O)C=CC(=O)O. The van der Waals surface area contributed by atoms with E-state index in [9.17, 15) is 9.59 Å². The number of nitrogens with zero attached hydrogens (tertiary/aromatic N) is 5. The van der Waals surface area contributed by atoms with Gasteiger partial charge >= 0.3 is 11.9 Å². The molecule has 0 aliphatic carbocycles. The summed E-state index contributed by atoms with van der Waals surface area (Å²) in [6.45, 7) is 9.52. The van der Waals surface area contributed by atoms with Crippen LogP contribution in [0.4, 0.5) is 0 Å². The van der Waals surface area contributed by atoms with Crippen LogP contribution >= 0.6 is 0 Å². The number of carboxylic acid groups (broad SMARTS) is 2. The van der Waals surface area contributed by atoms with Crippen molar-refractivity contribution in [3.63, 3.8) is 0 Å². The van der Waals surface area contributed by atoms with Gasteiger partial charge < -0.3 is 24.3 Å². The lowest BCUT2D eigenvalue weighted by Gasteiger charge is -2.34. The van der Waals surface area contributed by atoms with E-state index in [1.54, 1.807) is 0 Å². The third-order valence-corrected chi connectivity index (χ3v) is 6.92. The molecule has 11 heteroatoms. The van der Waals surface area contributed by atoms with Crippen LogP contribution in [0.2, 0.25) is 0 Å². The highest BCUT2D eigenvalue weighted by molar-refractivity contribution is 5.91. The molecular formula is C27H35N5O6. The molecule has 11 nitrogen and oxygen atoms in total. The minimum absolute atomic E-state index is 0.315. The molecule has 3 aromatic rings. The number of fused-ring (bicyclic) bond motifs is 1. The van der Waals surface area contributed by atoms with E-state index in [-0.39, 0.29) is 0 Å². The second-order valence-corrected chi connectivity index (χ2v) is 10.0. The first-order valence-corrected chi connectivity index (χ1v) is 13.1. The van der Waals surface area contributed by atoms with Gasteiger partial charge in [-0.05, 0) is 64.6 Å². The fourth-order valence-corrected chi connectivity index (χ4v) is 4.81. The zero-order valence-electron chi connectivity index (χ0n) is 21.8. The molecule has 0 unspecified atom stereocenters. The van der Waals surface area contributed by atoms with Crippen LogP contribution in [-0.2, 0) is 14.3 Å². The van der Waals surface area contributed by atoms with E-state index in [0.717, 1.165) is 67.4 Å². The Balaban J connectivity index is 0.000000368. The number of aliphatic carboxylic acids is 2. The number of carboxylic acids is 2. The van der Waals surface area contributed by atoms with Gasteiger partial charge in [0.25, 0.3) is 0 Å². The first-order valence-electron chi connectivity index (χ1n) is 13.1. The number of benzene rings is 1. The van der Waals surface area contributed by atoms with Crippen LogP contribution in [0.15, 0.2) is 41.0 Å². The summed E-state index contributed by atoms with van der Waals surface area (Å²) in [5, 5.41) is 30.3. The van der Waals surface area contributed by atoms with Crippen LogP contribution in [0, 0.1) is 5.92 Å². The van der Waals surface area contributed by atoms with Gasteiger partial charge in [-0.25, -0.2) is 9.59 Å². The van der Waals surface area contributed by atoms with E-state index < -0.39 is 11.9 Å². The van der Waals surface area contributed by atoms with Crippen molar-refractivity contribution in [2.45, 2.75) is 51.5 Å². The zero-order valence-corrected chi connectivity index (χ0v) is 21.8. The Labute approximate surface area is 221 Å². The van der Waals surface area contributed by atoms with Crippen molar-refractivity contribution in [1.29, 1.82) is 0 Å². The molecule has 4 heterocycles. The van der Waals surface area contributed by atoms with Gasteiger partial charge in [-0.3, -0.25) is 4.68 Å². The van der Waals surface area contributed by atoms with Gasteiger partial charge in [0.2, 0.25) is 11.8 Å². The molecule has 0 amide bonds. The van der Waals surface area contributed by atoms with Crippen LogP contribution in [0.1, 0.15) is 57.4 Å². The standard InChI is InChI=1S/C23H31N5O2.C4H4O4/c1-16(2)28-15-19-4-3-5-20(21(19)26-28)23-25-24-22(30-23)18-6-10-27(11-7-18)14-17-8-12-29-13-9-17;5-3(6)1-2-4(7)8/h3-5,15-18H,6-14H2,1-2H3;1-2H,(H,5,6)(H,7,8). The lowest BCUT2D eigenvalue weighted by Crippen LogP contribution is -2.38. The maximum Gasteiger partial charge on any atom is 0.328 e. The average molecular weight is 526 g/mol. The molecule has 0 bridgehead atoms. The maximum absolute atomic E-state index is 9.55. The molecule has 2 aliphatic heterocycles. The van der Waals surface area contributed by atoms with Gasteiger partial charge in [-0.1, -0.05) is 12.1 Å². The lowest BCUT2D eigenvalue weighted by molar-refractivity contribution is -0.134. The Hall–Kier alpha value is -3.57. The summed E-state index contributed by atoms with van der Waals surface area (Å²) in [4.78, 5) is 21.7. The predicted octanol–water partition coefficient (Wildman–Crippen LogP) is 3.99. The zero-order chi connectivity index (χ0) is 27.1. The van der Waals surface area contributed by atoms with Gasteiger partial charge in [0.05, 0.1) is 5.56 Å². The van der Waals surface area contributed by atoms with Gasteiger partial charge in [0.1, 0.15) is 5.52 Å². The summed E-state index contributed by atoms with van der Waals surface area (Å²) in [6, 6.07) is 6.45. The molecule has 2 saturated heterocycles. The van der Waals surface area contributed by atoms with Gasteiger partial charge in [0.15, 0.2) is 0 Å². The molecule has 2 aromatic heterocycles. The van der Waals surface area contributed by atoms with E-state index in [1.165, 1.54) is 19.4 Å². The highest BCUT2D eigenvalue weighted by Gasteiger charge is 2.27. The molecule has 2 aliphatic rings. The molecule has 0 radical (unpaired) electrons. The van der Waals surface area contributed by atoms with Crippen molar-refractivity contribution in [1.82, 2.24) is 24.9 Å². The van der Waals surface area contributed by atoms with E-state index in [1.807, 2.05) is 16.8 Å². The molecule has 0 atom stereocenters. The summed E-state index contributed by atoms with van der Waals surface area (Å²) >= 11 is 0. The number of hydrogen-bond donors (Lipinski definition) is 2. The first kappa shape index (κ1) is 27.5. The molecule has 2 fully saturated rings. The molecule has 0 spiro atoms. The van der Waals surface area contributed by atoms with Crippen LogP contribution in [0.25, 0.3) is 22.4 Å². The molecule has 0 saturated carbocycles. The smallest absolute Gasteiger partial charge is 0.328 e. The summed E-state index contributed by atoms with van der Waals surface area (Å²) < 4.78 is 13.6. The second kappa shape index (κ2) is 12.8. The molecule has 2 N–H and O–H groups in total. The van der Waals surface area contributed by atoms with Crippen LogP contribution in [0.5, 0.6) is 0 Å². The van der Waals surface area contributed by atoms with Crippen molar-refractivity contribution in [2.24, 2.45) is 5.92 Å². The van der Waals surface area contributed by atoms with Crippen LogP contribution in [0.3, 0.4) is 0 Å². The fourth-order valence-electron chi connectivity index (χ4n) is 4.81. The fraction of sp³-hybridized carbons (Fsp3) is 0.519. The number of rotatable bonds is 7. The Morgan fingerprint density at radius 1 is 1.05 bits per heavy atom. The summed E-state index contributed by atoms with van der Waals surface area (Å²) in [6.07, 6.45) is 7.75. The van der Waals surface area contributed by atoms with Crippen LogP contribution < -0.4 is 0 Å². The van der Waals surface area contributed by atoms with Crippen molar-refractivity contribution in [3.8, 4) is 11.5 Å². The molecule has 204 valence electrons. The Morgan fingerprint density at radius 3 is 2.37 bits per heavy atom. The van der Waals surface area contributed by atoms with E-state index >= 15 is 0 Å².